The van der Waals surface area contributed by atoms with Gasteiger partial charge in [0.05, 0.1) is 0 Å². The van der Waals surface area contributed by atoms with Crippen molar-refractivity contribution >= 4 is 16.1 Å². The van der Waals surface area contributed by atoms with Crippen LogP contribution < -0.4 is 11.5 Å². The van der Waals surface area contributed by atoms with Gasteiger partial charge in [-0.1, -0.05) is 46.0 Å². The number of hydrogen-bond donors (Lipinski definition) is 2. The van der Waals surface area contributed by atoms with E-state index in [-0.39, 0.29) is 12.5 Å². The van der Waals surface area contributed by atoms with Crippen molar-refractivity contribution in [2.45, 2.75) is 63.7 Å². The predicted molar refractivity (Wildman–Crippen MR) is 81.9 cm³/mol. The maximum atomic E-state index is 12.2. The van der Waals surface area contributed by atoms with Gasteiger partial charge in [0.25, 0.3) is 0 Å². The van der Waals surface area contributed by atoms with Crippen LogP contribution in [0.3, 0.4) is 0 Å². The summed E-state index contributed by atoms with van der Waals surface area (Å²) in [5, 5.41) is -0.830. The molecule has 0 aromatic carbocycles. The third-order valence-corrected chi connectivity index (χ3v) is 5.78. The number of carbonyl (C=O) groups is 1. The van der Waals surface area contributed by atoms with Gasteiger partial charge in [0.1, 0.15) is 11.3 Å². The van der Waals surface area contributed by atoms with Gasteiger partial charge in [-0.25, -0.2) is 4.79 Å². The van der Waals surface area contributed by atoms with Crippen LogP contribution in [-0.2, 0) is 19.1 Å². The molecule has 0 spiro atoms. The van der Waals surface area contributed by atoms with Crippen molar-refractivity contribution in [2.75, 3.05) is 6.54 Å². The molecule has 6 nitrogen and oxygen atoms in total. The molecule has 0 bridgehead atoms. The summed E-state index contributed by atoms with van der Waals surface area (Å²) in [6.45, 7) is 3.44. The van der Waals surface area contributed by atoms with Gasteiger partial charge in [-0.05, 0) is 18.3 Å². The molecular weight excluding hydrogens is 292 g/mol. The molecule has 1 saturated carbocycles. The second kappa shape index (κ2) is 8.10. The van der Waals surface area contributed by atoms with Crippen molar-refractivity contribution in [3.63, 3.8) is 0 Å². The Kier molecular flexibility index (Phi) is 7.09. The lowest BCUT2D eigenvalue weighted by Crippen LogP contribution is -2.41. The molecule has 7 heteroatoms. The molecular formula is C14H28N2O4S. The summed E-state index contributed by atoms with van der Waals surface area (Å²) >= 11 is 0. The quantitative estimate of drug-likeness (QED) is 0.680. The summed E-state index contributed by atoms with van der Waals surface area (Å²) in [7, 11) is -4.00. The van der Waals surface area contributed by atoms with Crippen molar-refractivity contribution in [3.05, 3.63) is 0 Å². The normalized spacial score (nSPS) is 20.2. The van der Waals surface area contributed by atoms with Crippen LogP contribution in [0.15, 0.2) is 0 Å². The van der Waals surface area contributed by atoms with E-state index in [2.05, 4.69) is 4.18 Å². The molecule has 0 heterocycles. The Morgan fingerprint density at radius 2 is 1.81 bits per heavy atom. The first kappa shape index (κ1) is 18.4. The van der Waals surface area contributed by atoms with Gasteiger partial charge in [0.15, 0.2) is 0 Å². The molecule has 0 saturated heterocycles. The average Bonchev–Trinajstić information content (AvgIpc) is 2.44. The number of rotatable bonds is 7. The molecule has 1 unspecified atom stereocenters. The fourth-order valence-electron chi connectivity index (χ4n) is 2.64. The van der Waals surface area contributed by atoms with Crippen LogP contribution in [0.1, 0.15) is 52.4 Å². The van der Waals surface area contributed by atoms with E-state index in [0.29, 0.717) is 12.3 Å². The zero-order valence-electron chi connectivity index (χ0n) is 13.0. The monoisotopic (exact) mass is 320 g/mol. The predicted octanol–water partition coefficient (Wildman–Crippen LogP) is 1.14. The van der Waals surface area contributed by atoms with E-state index in [1.54, 1.807) is 13.8 Å². The van der Waals surface area contributed by atoms with E-state index in [0.717, 1.165) is 25.7 Å². The summed E-state index contributed by atoms with van der Waals surface area (Å²) in [4.78, 5) is 11.7. The Morgan fingerprint density at radius 1 is 1.24 bits per heavy atom. The van der Waals surface area contributed by atoms with Crippen LogP contribution in [0.5, 0.6) is 0 Å². The lowest BCUT2D eigenvalue weighted by molar-refractivity contribution is -0.136. The van der Waals surface area contributed by atoms with Gasteiger partial charge in [-0.3, -0.25) is 0 Å². The first-order valence-electron chi connectivity index (χ1n) is 7.70. The van der Waals surface area contributed by atoms with Gasteiger partial charge in [0.2, 0.25) is 0 Å². The van der Waals surface area contributed by atoms with Gasteiger partial charge in [-0.2, -0.15) is 8.42 Å². The minimum absolute atomic E-state index is 0.0387. The molecule has 1 aliphatic carbocycles. The highest BCUT2D eigenvalue weighted by molar-refractivity contribution is 7.87. The number of hydrogen-bond acceptors (Lipinski definition) is 6. The average molecular weight is 320 g/mol. The van der Waals surface area contributed by atoms with Gasteiger partial charge >= 0.3 is 16.1 Å². The molecule has 124 valence electrons. The minimum Gasteiger partial charge on any atom is -0.344 e. The van der Waals surface area contributed by atoms with Crippen molar-refractivity contribution < 1.29 is 17.4 Å². The summed E-state index contributed by atoms with van der Waals surface area (Å²) in [6.07, 6.45) is 5.95. The van der Waals surface area contributed by atoms with E-state index in [9.17, 15) is 13.2 Å². The smallest absolute Gasteiger partial charge is 0.339 e. The van der Waals surface area contributed by atoms with Crippen LogP contribution in [0.2, 0.25) is 0 Å². The summed E-state index contributed by atoms with van der Waals surface area (Å²) in [6, 6.07) is -0.937. The fraction of sp³-hybridized carbons (Fsp3) is 0.929. The van der Waals surface area contributed by atoms with Gasteiger partial charge in [0, 0.05) is 6.54 Å². The topological polar surface area (TPSA) is 112 Å². The van der Waals surface area contributed by atoms with Crippen LogP contribution in [0.25, 0.3) is 0 Å². The van der Waals surface area contributed by atoms with Crippen LogP contribution >= 0.6 is 0 Å². The molecule has 2 atom stereocenters. The van der Waals surface area contributed by atoms with Crippen LogP contribution in [0, 0.1) is 11.8 Å². The van der Waals surface area contributed by atoms with Crippen molar-refractivity contribution in [2.24, 2.45) is 23.3 Å². The Bertz CT molecular complexity index is 430. The Morgan fingerprint density at radius 3 is 2.29 bits per heavy atom. The van der Waals surface area contributed by atoms with E-state index in [4.69, 9.17) is 11.5 Å². The third-order valence-electron chi connectivity index (χ3n) is 4.18. The molecule has 0 aromatic rings. The summed E-state index contributed by atoms with van der Waals surface area (Å²) in [5.41, 5.74) is 11.2. The molecule has 0 aromatic heterocycles. The van der Waals surface area contributed by atoms with E-state index in [1.807, 2.05) is 0 Å². The second-order valence-corrected chi connectivity index (χ2v) is 8.08. The molecule has 1 rings (SSSR count). The van der Waals surface area contributed by atoms with E-state index in [1.165, 1.54) is 6.42 Å². The SMILES string of the molecule is CC(C)[C@H](N)C(=O)OS(=O)(=O)C(CN)CC1CCCCC1. The highest BCUT2D eigenvalue weighted by atomic mass is 32.2. The first-order valence-corrected chi connectivity index (χ1v) is 9.17. The van der Waals surface area contributed by atoms with E-state index < -0.39 is 27.4 Å². The second-order valence-electron chi connectivity index (χ2n) is 6.26. The van der Waals surface area contributed by atoms with E-state index >= 15 is 0 Å². The standard InChI is InChI=1S/C14H28N2O4S/c1-10(2)13(16)14(17)20-21(18,19)12(9-15)8-11-6-4-3-5-7-11/h10-13H,3-9,15-16H2,1-2H3/t12?,13-/m0/s1. The molecule has 21 heavy (non-hydrogen) atoms. The Hall–Kier alpha value is -0.660. The number of carbonyl (C=O) groups excluding carboxylic acids is 1. The molecule has 0 aliphatic heterocycles. The third kappa shape index (κ3) is 5.56. The lowest BCUT2D eigenvalue weighted by Gasteiger charge is -2.25. The lowest BCUT2D eigenvalue weighted by atomic mass is 9.86. The molecule has 1 aliphatic rings. The Labute approximate surface area is 127 Å². The summed E-state index contributed by atoms with van der Waals surface area (Å²) < 4.78 is 29.1. The maximum absolute atomic E-state index is 12.2. The molecule has 0 amide bonds. The summed E-state index contributed by atoms with van der Waals surface area (Å²) in [5.74, 6) is -0.728. The molecule has 4 N–H and O–H groups in total. The van der Waals surface area contributed by atoms with Crippen molar-refractivity contribution in [1.29, 1.82) is 0 Å². The first-order chi connectivity index (χ1) is 9.77. The molecule has 0 radical (unpaired) electrons. The largest absolute Gasteiger partial charge is 0.344 e. The zero-order chi connectivity index (χ0) is 16.0. The van der Waals surface area contributed by atoms with Crippen LogP contribution in [-0.4, -0.2) is 32.2 Å². The minimum atomic E-state index is -4.00. The fourth-order valence-corrected chi connectivity index (χ4v) is 3.86. The highest BCUT2D eigenvalue weighted by Crippen LogP contribution is 2.29. The van der Waals surface area contributed by atoms with Gasteiger partial charge < -0.3 is 15.7 Å². The Balaban J connectivity index is 2.66. The maximum Gasteiger partial charge on any atom is 0.339 e. The van der Waals surface area contributed by atoms with Crippen LogP contribution in [0.4, 0.5) is 0 Å². The van der Waals surface area contributed by atoms with Crippen molar-refractivity contribution in [3.8, 4) is 0 Å². The molecule has 1 fully saturated rings. The highest BCUT2D eigenvalue weighted by Gasteiger charge is 2.33. The zero-order valence-corrected chi connectivity index (χ0v) is 13.8. The van der Waals surface area contributed by atoms with Gasteiger partial charge in [-0.15, -0.1) is 0 Å². The van der Waals surface area contributed by atoms with Crippen molar-refractivity contribution in [1.82, 2.24) is 0 Å². The number of nitrogens with two attached hydrogens (primary N) is 2.